The van der Waals surface area contributed by atoms with Crippen LogP contribution in [-0.2, 0) is 17.8 Å². The van der Waals surface area contributed by atoms with E-state index in [4.69, 9.17) is 0 Å². The Labute approximate surface area is 71.6 Å². The highest BCUT2D eigenvalue weighted by molar-refractivity contribution is 5.85. The highest BCUT2D eigenvalue weighted by Gasteiger charge is 2.11. The molecule has 0 fully saturated rings. The first-order valence-electron chi connectivity index (χ1n) is 3.95. The second-order valence-electron chi connectivity index (χ2n) is 2.80. The van der Waals surface area contributed by atoms with E-state index < -0.39 is 0 Å². The average Bonchev–Trinajstić information content (AvgIpc) is 2.29. The monoisotopic (exact) mass is 159 g/mol. The van der Waals surface area contributed by atoms with Crippen LogP contribution in [0.1, 0.15) is 11.1 Å². The maximum absolute atomic E-state index is 10.9. The van der Waals surface area contributed by atoms with Crippen LogP contribution in [0.15, 0.2) is 24.3 Å². The molecule has 1 N–H and O–H groups in total. The summed E-state index contributed by atoms with van der Waals surface area (Å²) in [6.45, 7) is 0.627. The maximum atomic E-state index is 10.9. The fourth-order valence-electron chi connectivity index (χ4n) is 1.32. The lowest BCUT2D eigenvalue weighted by Gasteiger charge is -2.02. The summed E-state index contributed by atoms with van der Waals surface area (Å²) in [5.41, 5.74) is 2.38. The lowest BCUT2D eigenvalue weighted by atomic mass is 10.0. The van der Waals surface area contributed by atoms with Crippen molar-refractivity contribution in [2.24, 2.45) is 0 Å². The molecule has 1 amide bonds. The highest BCUT2D eigenvalue weighted by Crippen LogP contribution is 2.12. The first-order valence-corrected chi connectivity index (χ1v) is 3.95. The summed E-state index contributed by atoms with van der Waals surface area (Å²) in [6.07, 6.45) is 3.38. The van der Waals surface area contributed by atoms with Crippen molar-refractivity contribution in [3.05, 3.63) is 41.8 Å². The van der Waals surface area contributed by atoms with Gasteiger partial charge in [0.2, 0.25) is 5.91 Å². The molecule has 0 aliphatic carbocycles. The molecule has 2 nitrogen and oxygen atoms in total. The Morgan fingerprint density at radius 1 is 1.25 bits per heavy atom. The Morgan fingerprint density at radius 3 is 2.83 bits per heavy atom. The van der Waals surface area contributed by atoms with Crippen LogP contribution in [0.2, 0.25) is 0 Å². The summed E-state index contributed by atoms with van der Waals surface area (Å²) >= 11 is 0. The predicted molar refractivity (Wildman–Crippen MR) is 45.2 cm³/mol. The minimum Gasteiger partial charge on any atom is -0.351 e. The molecular formula is C10H9NO. The largest absolute Gasteiger partial charge is 0.351 e. The Balaban J connectivity index is 2.32. The molecule has 60 valence electrons. The molecule has 0 spiro atoms. The van der Waals surface area contributed by atoms with Crippen molar-refractivity contribution in [1.82, 2.24) is 5.32 Å². The fraction of sp³-hybridized carbons (Fsp3) is 0.200. The number of hydrogen-bond donors (Lipinski definition) is 1. The summed E-state index contributed by atoms with van der Waals surface area (Å²) < 4.78 is 0. The zero-order valence-electron chi connectivity index (χ0n) is 6.63. The van der Waals surface area contributed by atoms with Gasteiger partial charge in [0.25, 0.3) is 0 Å². The number of benzene rings is 1. The van der Waals surface area contributed by atoms with Crippen molar-refractivity contribution < 1.29 is 4.79 Å². The van der Waals surface area contributed by atoms with Crippen LogP contribution in [0.4, 0.5) is 0 Å². The third-order valence-electron chi connectivity index (χ3n) is 2.00. The Kier molecular flexibility index (Phi) is 1.82. The SMILES string of the molecule is O=C1[C]Cc2ccccc2CN1. The zero-order chi connectivity index (χ0) is 8.39. The van der Waals surface area contributed by atoms with Gasteiger partial charge in [0.1, 0.15) is 0 Å². The summed E-state index contributed by atoms with van der Waals surface area (Å²) in [4.78, 5) is 10.9. The van der Waals surface area contributed by atoms with Gasteiger partial charge in [-0.15, -0.1) is 0 Å². The Morgan fingerprint density at radius 2 is 2.00 bits per heavy atom. The van der Waals surface area contributed by atoms with Gasteiger partial charge in [0.15, 0.2) is 0 Å². The molecule has 0 aromatic heterocycles. The van der Waals surface area contributed by atoms with E-state index in [9.17, 15) is 4.79 Å². The molecule has 0 atom stereocenters. The molecule has 1 aliphatic heterocycles. The van der Waals surface area contributed by atoms with Crippen LogP contribution in [0.5, 0.6) is 0 Å². The van der Waals surface area contributed by atoms with E-state index in [0.717, 1.165) is 0 Å². The summed E-state index contributed by atoms with van der Waals surface area (Å²) in [5, 5.41) is 2.75. The van der Waals surface area contributed by atoms with E-state index in [-0.39, 0.29) is 5.91 Å². The van der Waals surface area contributed by atoms with Gasteiger partial charge in [-0.3, -0.25) is 4.79 Å². The molecule has 12 heavy (non-hydrogen) atoms. The fourth-order valence-corrected chi connectivity index (χ4v) is 1.32. The molecule has 0 bridgehead atoms. The number of nitrogens with one attached hydrogen (secondary N) is 1. The molecule has 1 aromatic carbocycles. The van der Waals surface area contributed by atoms with E-state index in [1.54, 1.807) is 0 Å². The van der Waals surface area contributed by atoms with Gasteiger partial charge >= 0.3 is 0 Å². The van der Waals surface area contributed by atoms with Crippen molar-refractivity contribution in [2.75, 3.05) is 0 Å². The summed E-state index contributed by atoms with van der Waals surface area (Å²) in [5.74, 6) is -0.0915. The number of carbonyl (C=O) groups excluding carboxylic acids is 1. The van der Waals surface area contributed by atoms with E-state index in [2.05, 4.69) is 11.7 Å². The van der Waals surface area contributed by atoms with Gasteiger partial charge in [-0.1, -0.05) is 24.3 Å². The van der Waals surface area contributed by atoms with Crippen molar-refractivity contribution in [3.63, 3.8) is 0 Å². The van der Waals surface area contributed by atoms with Crippen molar-refractivity contribution in [3.8, 4) is 0 Å². The van der Waals surface area contributed by atoms with Crippen LogP contribution in [0, 0.1) is 6.42 Å². The molecule has 1 heterocycles. The average molecular weight is 159 g/mol. The molecule has 0 saturated carbocycles. The molecule has 2 radical (unpaired) electrons. The minimum atomic E-state index is -0.0915. The number of fused-ring (bicyclic) bond motifs is 1. The van der Waals surface area contributed by atoms with E-state index >= 15 is 0 Å². The standard InChI is InChI=1S/C10H9NO/c12-10-6-5-8-3-1-2-4-9(8)7-11-10/h1-4H,5,7H2,(H,11,12). The lowest BCUT2D eigenvalue weighted by molar-refractivity contribution is -0.117. The molecule has 0 saturated heterocycles. The van der Waals surface area contributed by atoms with Crippen molar-refractivity contribution in [2.45, 2.75) is 13.0 Å². The minimum absolute atomic E-state index is 0.0915. The molecular weight excluding hydrogens is 150 g/mol. The van der Waals surface area contributed by atoms with Crippen LogP contribution >= 0.6 is 0 Å². The third-order valence-corrected chi connectivity index (χ3v) is 2.00. The van der Waals surface area contributed by atoms with Gasteiger partial charge < -0.3 is 5.32 Å². The molecule has 1 aliphatic rings. The van der Waals surface area contributed by atoms with Gasteiger partial charge in [-0.05, 0) is 17.5 Å². The summed E-state index contributed by atoms with van der Waals surface area (Å²) in [6, 6.07) is 8.03. The second kappa shape index (κ2) is 2.97. The van der Waals surface area contributed by atoms with E-state index in [1.807, 2.05) is 24.3 Å². The Hall–Kier alpha value is -1.31. The van der Waals surface area contributed by atoms with Gasteiger partial charge in [0.05, 0.1) is 6.42 Å². The van der Waals surface area contributed by atoms with E-state index in [1.165, 1.54) is 11.1 Å². The molecule has 0 unspecified atom stereocenters. The molecule has 2 heteroatoms. The van der Waals surface area contributed by atoms with Crippen molar-refractivity contribution in [1.29, 1.82) is 0 Å². The zero-order valence-corrected chi connectivity index (χ0v) is 6.63. The molecule has 2 rings (SSSR count). The molecule has 1 aromatic rings. The smallest absolute Gasteiger partial charge is 0.229 e. The first-order chi connectivity index (χ1) is 5.86. The topological polar surface area (TPSA) is 29.1 Å². The maximum Gasteiger partial charge on any atom is 0.229 e. The predicted octanol–water partition coefficient (Wildman–Crippen LogP) is 0.940. The lowest BCUT2D eigenvalue weighted by Crippen LogP contribution is -2.20. The van der Waals surface area contributed by atoms with Crippen LogP contribution in [0.3, 0.4) is 0 Å². The number of carbonyl (C=O) groups is 1. The van der Waals surface area contributed by atoms with Gasteiger partial charge in [0, 0.05) is 6.54 Å². The summed E-state index contributed by atoms with van der Waals surface area (Å²) in [7, 11) is 0. The Bertz CT molecular complexity index is 277. The third kappa shape index (κ3) is 1.33. The highest BCUT2D eigenvalue weighted by atomic mass is 16.1. The normalized spacial score (nSPS) is 16.2. The van der Waals surface area contributed by atoms with Crippen LogP contribution < -0.4 is 5.32 Å². The van der Waals surface area contributed by atoms with Crippen LogP contribution in [-0.4, -0.2) is 5.91 Å². The van der Waals surface area contributed by atoms with Gasteiger partial charge in [-0.2, -0.15) is 0 Å². The quantitative estimate of drug-likeness (QED) is 0.599. The first kappa shape index (κ1) is 7.35. The number of rotatable bonds is 0. The van der Waals surface area contributed by atoms with E-state index in [0.29, 0.717) is 13.0 Å². The van der Waals surface area contributed by atoms with Gasteiger partial charge in [-0.25, -0.2) is 0 Å². The van der Waals surface area contributed by atoms with Crippen LogP contribution in [0.25, 0.3) is 0 Å². The number of hydrogen-bond acceptors (Lipinski definition) is 1. The van der Waals surface area contributed by atoms with Crippen molar-refractivity contribution >= 4 is 5.91 Å². The number of amides is 1. The second-order valence-corrected chi connectivity index (χ2v) is 2.80.